The van der Waals surface area contributed by atoms with Crippen molar-refractivity contribution < 1.29 is 17.9 Å². The molecule has 1 rings (SSSR count). The highest BCUT2D eigenvalue weighted by Crippen LogP contribution is 2.34. The number of rotatable bonds is 1. The average Bonchev–Trinajstić information content (AvgIpc) is 1.96. The summed E-state index contributed by atoms with van der Waals surface area (Å²) in [5.74, 6) is -0.413. The number of ether oxygens (including phenoxy) is 1. The predicted octanol–water partition coefficient (Wildman–Crippen LogP) is 4.00. The Labute approximate surface area is 85.6 Å². The summed E-state index contributed by atoms with van der Waals surface area (Å²) in [4.78, 5) is 0. The smallest absolute Gasteiger partial charge is 0.404 e. The van der Waals surface area contributed by atoms with Crippen molar-refractivity contribution in [2.75, 3.05) is 0 Å². The van der Waals surface area contributed by atoms with Crippen LogP contribution in [0, 0.1) is 0 Å². The van der Waals surface area contributed by atoms with E-state index in [0.717, 1.165) is 6.07 Å². The molecule has 0 N–H and O–H groups in total. The second-order valence-corrected chi connectivity index (χ2v) is 3.33. The van der Waals surface area contributed by atoms with Gasteiger partial charge in [0.2, 0.25) is 0 Å². The van der Waals surface area contributed by atoms with Crippen LogP contribution in [0.25, 0.3) is 0 Å². The van der Waals surface area contributed by atoms with Crippen LogP contribution in [-0.2, 0) is 0 Å². The van der Waals surface area contributed by atoms with Crippen LogP contribution in [0.5, 0.6) is 5.75 Å². The Bertz CT molecular complexity index is 313. The first-order valence-electron chi connectivity index (χ1n) is 3.10. The lowest BCUT2D eigenvalue weighted by atomic mass is 10.3. The molecule has 0 aromatic heterocycles. The molecule has 0 radical (unpaired) electrons. The van der Waals surface area contributed by atoms with Crippen molar-refractivity contribution in [1.82, 2.24) is 0 Å². The molecule has 0 aliphatic rings. The molecule has 1 aromatic rings. The van der Waals surface area contributed by atoms with E-state index < -0.39 is 12.1 Å². The largest absolute Gasteiger partial charge is 0.573 e. The number of halogens is 5. The molecule has 0 saturated heterocycles. The number of hydrogen-bond donors (Lipinski definition) is 0. The summed E-state index contributed by atoms with van der Waals surface area (Å²) in [7, 11) is 0. The predicted molar refractivity (Wildman–Crippen MR) is 45.8 cm³/mol. The third-order valence-corrected chi connectivity index (χ3v) is 2.42. The number of hydrogen-bond acceptors (Lipinski definition) is 1. The maximum Gasteiger partial charge on any atom is 0.573 e. The van der Waals surface area contributed by atoms with E-state index in [1.807, 2.05) is 0 Å². The van der Waals surface area contributed by atoms with Crippen LogP contribution in [0.15, 0.2) is 22.7 Å². The summed E-state index contributed by atoms with van der Waals surface area (Å²) < 4.78 is 39.3. The highest BCUT2D eigenvalue weighted by atomic mass is 79.9. The zero-order valence-electron chi connectivity index (χ0n) is 6.03. The molecule has 0 aliphatic carbocycles. The molecule has 0 fully saturated rings. The lowest BCUT2D eigenvalue weighted by Gasteiger charge is -2.10. The van der Waals surface area contributed by atoms with Gasteiger partial charge >= 0.3 is 6.36 Å². The fraction of sp³-hybridized carbons (Fsp3) is 0.143. The van der Waals surface area contributed by atoms with E-state index in [0.29, 0.717) is 4.47 Å². The van der Waals surface area contributed by atoms with Crippen molar-refractivity contribution in [2.45, 2.75) is 6.36 Å². The SMILES string of the molecule is FC(F)(F)Oc1cccc(Br)c1Cl. The second kappa shape index (κ2) is 3.75. The summed E-state index contributed by atoms with van der Waals surface area (Å²) in [6.07, 6.45) is -4.72. The summed E-state index contributed by atoms with van der Waals surface area (Å²) in [6.45, 7) is 0. The van der Waals surface area contributed by atoms with Gasteiger partial charge in [0, 0.05) is 4.47 Å². The maximum atomic E-state index is 11.8. The van der Waals surface area contributed by atoms with Crippen LogP contribution in [0.1, 0.15) is 0 Å². The Balaban J connectivity index is 2.96. The van der Waals surface area contributed by atoms with Crippen LogP contribution in [0.4, 0.5) is 13.2 Å². The second-order valence-electron chi connectivity index (χ2n) is 2.10. The van der Waals surface area contributed by atoms with Gasteiger partial charge in [0.25, 0.3) is 0 Å². The van der Waals surface area contributed by atoms with Gasteiger partial charge in [-0.3, -0.25) is 0 Å². The molecule has 6 heteroatoms. The molecule has 0 bridgehead atoms. The minimum Gasteiger partial charge on any atom is -0.404 e. The minimum absolute atomic E-state index is 0.0974. The number of alkyl halides is 3. The van der Waals surface area contributed by atoms with Crippen LogP contribution in [0.2, 0.25) is 5.02 Å². The Hall–Kier alpha value is -0.420. The van der Waals surface area contributed by atoms with Gasteiger partial charge in [-0.05, 0) is 28.1 Å². The normalized spacial score (nSPS) is 11.5. The zero-order valence-corrected chi connectivity index (χ0v) is 8.37. The number of benzene rings is 1. The Morgan fingerprint density at radius 3 is 2.46 bits per heavy atom. The van der Waals surface area contributed by atoms with Gasteiger partial charge in [0.05, 0.1) is 5.02 Å². The van der Waals surface area contributed by atoms with E-state index in [2.05, 4.69) is 20.7 Å². The third kappa shape index (κ3) is 3.08. The van der Waals surface area contributed by atoms with Crippen molar-refractivity contribution in [3.8, 4) is 5.75 Å². The lowest BCUT2D eigenvalue weighted by Crippen LogP contribution is -2.17. The highest BCUT2D eigenvalue weighted by Gasteiger charge is 2.32. The van der Waals surface area contributed by atoms with E-state index in [-0.39, 0.29) is 5.02 Å². The van der Waals surface area contributed by atoms with Gasteiger partial charge < -0.3 is 4.74 Å². The third-order valence-electron chi connectivity index (χ3n) is 1.14. The molecule has 72 valence electrons. The van der Waals surface area contributed by atoms with E-state index >= 15 is 0 Å². The molecule has 1 aromatic carbocycles. The molecule has 0 aliphatic heterocycles. The molecular formula is C7H3BrClF3O. The first kappa shape index (κ1) is 10.7. The van der Waals surface area contributed by atoms with E-state index in [9.17, 15) is 13.2 Å². The Morgan fingerprint density at radius 1 is 1.31 bits per heavy atom. The van der Waals surface area contributed by atoms with E-state index in [1.54, 1.807) is 0 Å². The van der Waals surface area contributed by atoms with Crippen LogP contribution in [0.3, 0.4) is 0 Å². The van der Waals surface area contributed by atoms with Gasteiger partial charge in [-0.1, -0.05) is 17.7 Å². The molecule has 0 spiro atoms. The van der Waals surface area contributed by atoms with E-state index in [4.69, 9.17) is 11.6 Å². The summed E-state index contributed by atoms with van der Waals surface area (Å²) >= 11 is 8.50. The van der Waals surface area contributed by atoms with Gasteiger partial charge in [0.1, 0.15) is 5.75 Å². The Morgan fingerprint density at radius 2 is 1.92 bits per heavy atom. The zero-order chi connectivity index (χ0) is 10.1. The molecule has 13 heavy (non-hydrogen) atoms. The topological polar surface area (TPSA) is 9.23 Å². The fourth-order valence-electron chi connectivity index (χ4n) is 0.688. The Kier molecular flexibility index (Phi) is 3.08. The average molecular weight is 275 g/mol. The molecule has 1 nitrogen and oxygen atoms in total. The van der Waals surface area contributed by atoms with Crippen molar-refractivity contribution in [1.29, 1.82) is 0 Å². The highest BCUT2D eigenvalue weighted by molar-refractivity contribution is 9.10. The molecule has 0 amide bonds. The van der Waals surface area contributed by atoms with Crippen molar-refractivity contribution in [2.24, 2.45) is 0 Å². The van der Waals surface area contributed by atoms with Gasteiger partial charge in [-0.15, -0.1) is 13.2 Å². The van der Waals surface area contributed by atoms with Gasteiger partial charge in [-0.25, -0.2) is 0 Å². The molecule has 0 unspecified atom stereocenters. The molecular weight excluding hydrogens is 272 g/mol. The van der Waals surface area contributed by atoms with Gasteiger partial charge in [0.15, 0.2) is 0 Å². The minimum atomic E-state index is -4.72. The molecule has 0 atom stereocenters. The first-order chi connectivity index (χ1) is 5.90. The van der Waals surface area contributed by atoms with Crippen LogP contribution < -0.4 is 4.74 Å². The standard InChI is InChI=1S/C7H3BrClF3O/c8-4-2-1-3-5(6(4)9)13-7(10,11)12/h1-3H. The lowest BCUT2D eigenvalue weighted by molar-refractivity contribution is -0.274. The summed E-state index contributed by atoms with van der Waals surface area (Å²) in [6, 6.07) is 4.06. The molecule has 0 saturated carbocycles. The van der Waals surface area contributed by atoms with Crippen molar-refractivity contribution >= 4 is 27.5 Å². The summed E-state index contributed by atoms with van der Waals surface area (Å²) in [5, 5.41) is -0.0974. The fourth-order valence-corrected chi connectivity index (χ4v) is 1.20. The van der Waals surface area contributed by atoms with Crippen molar-refractivity contribution in [3.05, 3.63) is 27.7 Å². The van der Waals surface area contributed by atoms with Crippen LogP contribution >= 0.6 is 27.5 Å². The monoisotopic (exact) mass is 274 g/mol. The van der Waals surface area contributed by atoms with Crippen molar-refractivity contribution in [3.63, 3.8) is 0 Å². The van der Waals surface area contributed by atoms with E-state index in [1.165, 1.54) is 12.1 Å². The first-order valence-corrected chi connectivity index (χ1v) is 4.27. The van der Waals surface area contributed by atoms with Crippen LogP contribution in [-0.4, -0.2) is 6.36 Å². The molecule has 0 heterocycles. The summed E-state index contributed by atoms with van der Waals surface area (Å²) in [5.41, 5.74) is 0. The van der Waals surface area contributed by atoms with Gasteiger partial charge in [-0.2, -0.15) is 0 Å². The quantitative estimate of drug-likeness (QED) is 0.752. The maximum absolute atomic E-state index is 11.8.